The second kappa shape index (κ2) is 7.15. The molecule has 6 nitrogen and oxygen atoms in total. The topological polar surface area (TPSA) is 88.8 Å². The molecule has 0 aliphatic heterocycles. The number of rotatable bonds is 7. The van der Waals surface area contributed by atoms with Crippen molar-refractivity contribution in [2.75, 3.05) is 35.7 Å². The third-order valence-electron chi connectivity index (χ3n) is 2.43. The molecule has 0 fully saturated rings. The van der Waals surface area contributed by atoms with Gasteiger partial charge in [-0.2, -0.15) is 20.5 Å². The second-order valence-electron chi connectivity index (χ2n) is 3.73. The Balaban J connectivity index is 1.69. The van der Waals surface area contributed by atoms with E-state index in [4.69, 9.17) is 5.73 Å². The average Bonchev–Trinajstić information content (AvgIpc) is 2.88. The van der Waals surface area contributed by atoms with Crippen LogP contribution in [0.5, 0.6) is 0 Å². The number of hydrogen-bond donors (Lipinski definition) is 3. The third kappa shape index (κ3) is 3.97. The van der Waals surface area contributed by atoms with Crippen LogP contribution in [0.3, 0.4) is 0 Å². The van der Waals surface area contributed by atoms with Gasteiger partial charge in [0.05, 0.1) is 23.1 Å². The predicted octanol–water partition coefficient (Wildman–Crippen LogP) is 1.90. The molecule has 0 aliphatic rings. The lowest BCUT2D eigenvalue weighted by Gasteiger charge is -2.06. The van der Waals surface area contributed by atoms with Crippen LogP contribution in [-0.2, 0) is 5.75 Å². The number of thioether (sulfide) groups is 1. The molecule has 102 valence electrons. The van der Waals surface area contributed by atoms with Gasteiger partial charge in [-0.05, 0) is 12.1 Å². The Hall–Kier alpha value is -1.54. The SMILES string of the molecule is CNc1nsnc1NCCSCc1ncccc1N. The number of aromatic nitrogens is 3. The van der Waals surface area contributed by atoms with Crippen molar-refractivity contribution in [2.45, 2.75) is 5.75 Å². The van der Waals surface area contributed by atoms with Gasteiger partial charge in [-0.3, -0.25) is 4.98 Å². The van der Waals surface area contributed by atoms with E-state index in [0.717, 1.165) is 41.1 Å². The number of nitrogens with one attached hydrogen (secondary N) is 2. The van der Waals surface area contributed by atoms with E-state index in [1.165, 1.54) is 11.7 Å². The lowest BCUT2D eigenvalue weighted by atomic mass is 10.3. The van der Waals surface area contributed by atoms with Crippen LogP contribution in [0.4, 0.5) is 17.3 Å². The summed E-state index contributed by atoms with van der Waals surface area (Å²) in [5.41, 5.74) is 7.53. The fourth-order valence-electron chi connectivity index (χ4n) is 1.45. The van der Waals surface area contributed by atoms with Gasteiger partial charge >= 0.3 is 0 Å². The Kier molecular flexibility index (Phi) is 5.22. The Labute approximate surface area is 120 Å². The molecule has 2 rings (SSSR count). The molecule has 0 saturated heterocycles. The van der Waals surface area contributed by atoms with E-state index in [9.17, 15) is 0 Å². The molecule has 2 aromatic rings. The summed E-state index contributed by atoms with van der Waals surface area (Å²) in [6.45, 7) is 0.831. The van der Waals surface area contributed by atoms with Crippen LogP contribution < -0.4 is 16.4 Å². The zero-order valence-electron chi connectivity index (χ0n) is 10.6. The normalized spacial score (nSPS) is 10.4. The van der Waals surface area contributed by atoms with Crippen molar-refractivity contribution in [3.8, 4) is 0 Å². The van der Waals surface area contributed by atoms with Gasteiger partial charge in [0.1, 0.15) is 0 Å². The van der Waals surface area contributed by atoms with Gasteiger partial charge < -0.3 is 16.4 Å². The lowest BCUT2D eigenvalue weighted by Crippen LogP contribution is -2.07. The van der Waals surface area contributed by atoms with Gasteiger partial charge in [0.15, 0.2) is 11.6 Å². The van der Waals surface area contributed by atoms with Crippen LogP contribution in [0.2, 0.25) is 0 Å². The van der Waals surface area contributed by atoms with E-state index in [-0.39, 0.29) is 0 Å². The number of hydrogen-bond acceptors (Lipinski definition) is 8. The number of pyridine rings is 1. The molecular formula is C11H16N6S2. The van der Waals surface area contributed by atoms with Gasteiger partial charge in [0.2, 0.25) is 0 Å². The monoisotopic (exact) mass is 296 g/mol. The number of nitrogens with zero attached hydrogens (tertiary/aromatic N) is 3. The minimum Gasteiger partial charge on any atom is -0.397 e. The summed E-state index contributed by atoms with van der Waals surface area (Å²) in [4.78, 5) is 4.26. The van der Waals surface area contributed by atoms with Crippen molar-refractivity contribution in [1.82, 2.24) is 13.7 Å². The highest BCUT2D eigenvalue weighted by Gasteiger charge is 2.04. The van der Waals surface area contributed by atoms with Crippen molar-refractivity contribution in [3.05, 3.63) is 24.0 Å². The zero-order chi connectivity index (χ0) is 13.5. The summed E-state index contributed by atoms with van der Waals surface area (Å²) in [6.07, 6.45) is 1.77. The highest BCUT2D eigenvalue weighted by atomic mass is 32.2. The van der Waals surface area contributed by atoms with Crippen LogP contribution in [0.15, 0.2) is 18.3 Å². The van der Waals surface area contributed by atoms with Crippen molar-refractivity contribution >= 4 is 40.8 Å². The molecule has 0 spiro atoms. The van der Waals surface area contributed by atoms with Crippen LogP contribution in [-0.4, -0.2) is 33.1 Å². The molecule has 0 amide bonds. The third-order valence-corrected chi connectivity index (χ3v) is 3.93. The van der Waals surface area contributed by atoms with Gasteiger partial charge in [-0.15, -0.1) is 0 Å². The first-order valence-electron chi connectivity index (χ1n) is 5.82. The zero-order valence-corrected chi connectivity index (χ0v) is 12.2. The molecule has 19 heavy (non-hydrogen) atoms. The highest BCUT2D eigenvalue weighted by molar-refractivity contribution is 7.98. The first-order valence-corrected chi connectivity index (χ1v) is 7.71. The Morgan fingerprint density at radius 1 is 1.37 bits per heavy atom. The van der Waals surface area contributed by atoms with E-state index in [0.29, 0.717) is 0 Å². The molecule has 0 saturated carbocycles. The van der Waals surface area contributed by atoms with E-state index in [1.54, 1.807) is 18.0 Å². The van der Waals surface area contributed by atoms with Gasteiger partial charge in [0, 0.05) is 31.3 Å². The maximum atomic E-state index is 5.83. The molecule has 0 atom stereocenters. The first kappa shape index (κ1) is 13.9. The van der Waals surface area contributed by atoms with Gasteiger partial charge in [0.25, 0.3) is 0 Å². The summed E-state index contributed by atoms with van der Waals surface area (Å²) in [5.74, 6) is 3.38. The standard InChI is InChI=1S/C11H16N6S2/c1-13-10-11(17-19-16-10)15-5-6-18-7-9-8(12)3-2-4-14-9/h2-4H,5-7,12H2,1H3,(H,13,16)(H,15,17). The maximum Gasteiger partial charge on any atom is 0.184 e. The van der Waals surface area contributed by atoms with E-state index < -0.39 is 0 Å². The number of anilines is 3. The molecule has 0 radical (unpaired) electrons. The second-order valence-corrected chi connectivity index (χ2v) is 5.36. The van der Waals surface area contributed by atoms with E-state index in [1.807, 2.05) is 19.2 Å². The predicted molar refractivity (Wildman–Crippen MR) is 82.8 cm³/mol. The minimum absolute atomic E-state index is 0.754. The van der Waals surface area contributed by atoms with Crippen molar-refractivity contribution in [3.63, 3.8) is 0 Å². The number of nitrogen functional groups attached to an aromatic ring is 1. The van der Waals surface area contributed by atoms with Crippen molar-refractivity contribution in [2.24, 2.45) is 0 Å². The smallest absolute Gasteiger partial charge is 0.184 e. The molecule has 0 unspecified atom stereocenters. The van der Waals surface area contributed by atoms with E-state index in [2.05, 4.69) is 24.4 Å². The number of nitrogens with two attached hydrogens (primary N) is 1. The lowest BCUT2D eigenvalue weighted by molar-refractivity contribution is 1.16. The quantitative estimate of drug-likeness (QED) is 0.672. The summed E-state index contributed by atoms with van der Waals surface area (Å²) in [7, 11) is 1.83. The Morgan fingerprint density at radius 3 is 3.00 bits per heavy atom. The van der Waals surface area contributed by atoms with E-state index >= 15 is 0 Å². The maximum absolute atomic E-state index is 5.83. The minimum atomic E-state index is 0.754. The van der Waals surface area contributed by atoms with Crippen LogP contribution in [0, 0.1) is 0 Å². The Bertz CT molecular complexity index is 515. The molecular weight excluding hydrogens is 280 g/mol. The molecule has 0 bridgehead atoms. The van der Waals surface area contributed by atoms with Crippen LogP contribution in [0.25, 0.3) is 0 Å². The summed E-state index contributed by atoms with van der Waals surface area (Å²) in [5, 5.41) is 6.24. The molecule has 0 aliphatic carbocycles. The van der Waals surface area contributed by atoms with Gasteiger partial charge in [-0.1, -0.05) is 0 Å². The molecule has 2 aromatic heterocycles. The molecule has 8 heteroatoms. The largest absolute Gasteiger partial charge is 0.397 e. The van der Waals surface area contributed by atoms with Crippen molar-refractivity contribution < 1.29 is 0 Å². The fraction of sp³-hybridized carbons (Fsp3) is 0.364. The van der Waals surface area contributed by atoms with Crippen molar-refractivity contribution in [1.29, 1.82) is 0 Å². The summed E-state index contributed by atoms with van der Waals surface area (Å²) in [6, 6.07) is 3.72. The molecule has 2 heterocycles. The first-order chi connectivity index (χ1) is 9.31. The van der Waals surface area contributed by atoms with Crippen LogP contribution in [0.1, 0.15) is 5.69 Å². The summed E-state index contributed by atoms with van der Waals surface area (Å²) < 4.78 is 8.29. The highest BCUT2D eigenvalue weighted by Crippen LogP contribution is 2.18. The summed E-state index contributed by atoms with van der Waals surface area (Å²) >= 11 is 2.98. The molecule has 4 N–H and O–H groups in total. The molecule has 0 aromatic carbocycles. The average molecular weight is 296 g/mol. The fourth-order valence-corrected chi connectivity index (χ4v) is 2.81. The van der Waals surface area contributed by atoms with Gasteiger partial charge in [-0.25, -0.2) is 0 Å². The Morgan fingerprint density at radius 2 is 2.21 bits per heavy atom. The van der Waals surface area contributed by atoms with Crippen LogP contribution >= 0.6 is 23.5 Å².